The average Bonchev–Trinajstić information content (AvgIpc) is 2.97. The molecule has 3 rings (SSSR count). The molecule has 5 nitrogen and oxygen atoms in total. The second-order valence-corrected chi connectivity index (χ2v) is 3.69. The quantitative estimate of drug-likeness (QED) is 0.739. The van der Waals surface area contributed by atoms with Crippen molar-refractivity contribution in [2.24, 2.45) is 0 Å². The lowest BCUT2D eigenvalue weighted by atomic mass is 10.2. The molecule has 1 N–H and O–H groups in total. The minimum Gasteiger partial charge on any atom is -0.285 e. The first kappa shape index (κ1) is 9.34. The fourth-order valence-electron chi connectivity index (χ4n) is 1.59. The van der Waals surface area contributed by atoms with E-state index in [0.29, 0.717) is 5.65 Å². The van der Waals surface area contributed by atoms with Crippen LogP contribution in [-0.4, -0.2) is 24.1 Å². The van der Waals surface area contributed by atoms with E-state index in [0.717, 1.165) is 16.6 Å². The maximum atomic E-state index is 12.6. The highest BCUT2D eigenvalue weighted by Gasteiger charge is 2.10. The van der Waals surface area contributed by atoms with Gasteiger partial charge in [-0.15, -0.1) is 3.89 Å². The van der Waals surface area contributed by atoms with Crippen LogP contribution in [0.1, 0.15) is 0 Å². The molecule has 0 spiro atoms. The van der Waals surface area contributed by atoms with Crippen molar-refractivity contribution >= 4 is 23.4 Å². The van der Waals surface area contributed by atoms with Gasteiger partial charge >= 0.3 is 0 Å². The number of hydrogen-bond acceptors (Lipinski definition) is 4. The third-order valence-corrected chi connectivity index (χ3v) is 2.74. The molecule has 0 unspecified atom stereocenters. The van der Waals surface area contributed by atoms with Crippen molar-refractivity contribution in [1.82, 2.24) is 24.1 Å². The van der Waals surface area contributed by atoms with Crippen LogP contribution in [0.5, 0.6) is 0 Å². The first-order valence-electron chi connectivity index (χ1n) is 4.50. The molecular formula is C9H6FN5S. The third-order valence-electron chi connectivity index (χ3n) is 2.29. The minimum atomic E-state index is 0.114. The zero-order valence-electron chi connectivity index (χ0n) is 7.96. The van der Waals surface area contributed by atoms with E-state index in [1.54, 1.807) is 24.7 Å². The molecule has 3 aromatic heterocycles. The molecule has 0 bridgehead atoms. The molecule has 3 aromatic rings. The van der Waals surface area contributed by atoms with Crippen molar-refractivity contribution in [3.05, 3.63) is 31.0 Å². The molecule has 7 heteroatoms. The highest BCUT2D eigenvalue weighted by atomic mass is 32.2. The largest absolute Gasteiger partial charge is 0.285 e. The molecule has 0 atom stereocenters. The number of aromatic nitrogens is 5. The molecule has 0 aliphatic heterocycles. The van der Waals surface area contributed by atoms with Gasteiger partial charge in [-0.1, -0.05) is 0 Å². The van der Waals surface area contributed by atoms with Crippen molar-refractivity contribution in [2.45, 2.75) is 0 Å². The van der Waals surface area contributed by atoms with Crippen molar-refractivity contribution in [1.29, 1.82) is 0 Å². The van der Waals surface area contributed by atoms with Crippen molar-refractivity contribution in [3.63, 3.8) is 0 Å². The van der Waals surface area contributed by atoms with Crippen molar-refractivity contribution < 1.29 is 3.89 Å². The predicted octanol–water partition coefficient (Wildman–Crippen LogP) is 2.20. The molecular weight excluding hydrogens is 229 g/mol. The summed E-state index contributed by atoms with van der Waals surface area (Å²) in [6.45, 7) is 0. The van der Waals surface area contributed by atoms with Crippen molar-refractivity contribution in [3.8, 4) is 11.3 Å². The summed E-state index contributed by atoms with van der Waals surface area (Å²) >= 11 is 0.114. The van der Waals surface area contributed by atoms with Gasteiger partial charge in [0.1, 0.15) is 6.33 Å². The van der Waals surface area contributed by atoms with Gasteiger partial charge in [0.2, 0.25) is 0 Å². The average molecular weight is 235 g/mol. The zero-order chi connectivity index (χ0) is 11.0. The summed E-state index contributed by atoms with van der Waals surface area (Å²) in [6.07, 6.45) is 6.44. The molecule has 0 fully saturated rings. The third kappa shape index (κ3) is 1.28. The smallest absolute Gasteiger partial charge is 0.171 e. The number of fused-ring (bicyclic) bond motifs is 1. The van der Waals surface area contributed by atoms with Crippen LogP contribution in [0.4, 0.5) is 3.89 Å². The number of nitrogens with zero attached hydrogens (tertiary/aromatic N) is 4. The number of H-pyrrole nitrogens is 1. The highest BCUT2D eigenvalue weighted by Crippen LogP contribution is 2.27. The van der Waals surface area contributed by atoms with Crippen LogP contribution in [0, 0.1) is 0 Å². The summed E-state index contributed by atoms with van der Waals surface area (Å²) in [7, 11) is 0. The predicted molar refractivity (Wildman–Crippen MR) is 59.2 cm³/mol. The summed E-state index contributed by atoms with van der Waals surface area (Å²) in [5.74, 6) is 0. The monoisotopic (exact) mass is 235 g/mol. The Bertz CT molecular complexity index is 618. The number of nitrogens with one attached hydrogen (secondary N) is 1. The minimum absolute atomic E-state index is 0.114. The molecule has 80 valence electrons. The molecule has 0 aliphatic rings. The van der Waals surface area contributed by atoms with Crippen LogP contribution in [0.2, 0.25) is 0 Å². The fourth-order valence-corrected chi connectivity index (χ4v) is 1.91. The van der Waals surface area contributed by atoms with Crippen molar-refractivity contribution in [2.75, 3.05) is 0 Å². The Labute approximate surface area is 94.1 Å². The molecule has 3 heterocycles. The summed E-state index contributed by atoms with van der Waals surface area (Å²) in [5, 5.41) is 7.38. The van der Waals surface area contributed by atoms with E-state index >= 15 is 0 Å². The normalized spacial score (nSPS) is 11.1. The van der Waals surface area contributed by atoms with Crippen LogP contribution >= 0.6 is 12.3 Å². The van der Waals surface area contributed by atoms with Gasteiger partial charge in [0.15, 0.2) is 18.0 Å². The van der Waals surface area contributed by atoms with E-state index in [4.69, 9.17) is 0 Å². The van der Waals surface area contributed by atoms with Gasteiger partial charge in [-0.05, 0) is 6.07 Å². The summed E-state index contributed by atoms with van der Waals surface area (Å²) < 4.78 is 13.9. The van der Waals surface area contributed by atoms with E-state index in [1.807, 2.05) is 0 Å². The summed E-state index contributed by atoms with van der Waals surface area (Å²) in [4.78, 5) is 8.22. The van der Waals surface area contributed by atoms with E-state index in [1.165, 1.54) is 10.3 Å². The molecule has 16 heavy (non-hydrogen) atoms. The second-order valence-electron chi connectivity index (χ2n) is 3.16. The Kier molecular flexibility index (Phi) is 2.10. The number of aromatic amines is 1. The summed E-state index contributed by atoms with van der Waals surface area (Å²) in [6, 6.07) is 1.78. The Morgan fingerprint density at radius 3 is 3.06 bits per heavy atom. The molecule has 0 aliphatic carbocycles. The van der Waals surface area contributed by atoms with Gasteiger partial charge in [-0.25, -0.2) is 13.9 Å². The first-order chi connectivity index (χ1) is 7.90. The molecule has 0 amide bonds. The van der Waals surface area contributed by atoms with Gasteiger partial charge in [-0.2, -0.15) is 5.10 Å². The Morgan fingerprint density at radius 2 is 2.31 bits per heavy atom. The van der Waals surface area contributed by atoms with Gasteiger partial charge in [-0.3, -0.25) is 5.10 Å². The Hall–Kier alpha value is -1.89. The highest BCUT2D eigenvalue weighted by molar-refractivity contribution is 7.92. The van der Waals surface area contributed by atoms with Gasteiger partial charge < -0.3 is 0 Å². The lowest BCUT2D eigenvalue weighted by Crippen LogP contribution is -1.88. The van der Waals surface area contributed by atoms with E-state index in [2.05, 4.69) is 20.2 Å². The van der Waals surface area contributed by atoms with Crippen LogP contribution in [0.15, 0.2) is 31.0 Å². The maximum absolute atomic E-state index is 12.6. The summed E-state index contributed by atoms with van der Waals surface area (Å²) in [5.41, 5.74) is 2.15. The Balaban J connectivity index is 2.30. The second kappa shape index (κ2) is 3.60. The number of hydrogen-bond donors (Lipinski definition) is 1. The van der Waals surface area contributed by atoms with E-state index in [9.17, 15) is 3.89 Å². The first-order valence-corrected chi connectivity index (χ1v) is 5.18. The Morgan fingerprint density at radius 1 is 1.38 bits per heavy atom. The SMILES string of the molecule is FSn1ccc2c(-c3cn[nH]c3)ncnc21. The zero-order valence-corrected chi connectivity index (χ0v) is 8.78. The van der Waals surface area contributed by atoms with Crippen LogP contribution in [-0.2, 0) is 0 Å². The number of halogens is 1. The lowest BCUT2D eigenvalue weighted by molar-refractivity contribution is 0.919. The lowest BCUT2D eigenvalue weighted by Gasteiger charge is -1.99. The van der Waals surface area contributed by atoms with E-state index in [-0.39, 0.29) is 12.3 Å². The van der Waals surface area contributed by atoms with Crippen LogP contribution in [0.25, 0.3) is 22.3 Å². The van der Waals surface area contributed by atoms with Gasteiger partial charge in [0.25, 0.3) is 0 Å². The number of rotatable bonds is 2. The topological polar surface area (TPSA) is 59.4 Å². The molecule has 0 radical (unpaired) electrons. The van der Waals surface area contributed by atoms with Gasteiger partial charge in [0.05, 0.1) is 11.9 Å². The standard InChI is InChI=1S/C9H6FN5S/c10-16-15-2-1-7-8(6-3-13-14-4-6)11-5-12-9(7)15/h1-5H,(H,13,14). The molecule has 0 aromatic carbocycles. The van der Waals surface area contributed by atoms with E-state index < -0.39 is 0 Å². The fraction of sp³-hybridized carbons (Fsp3) is 0. The van der Waals surface area contributed by atoms with Crippen LogP contribution < -0.4 is 0 Å². The van der Waals surface area contributed by atoms with Crippen LogP contribution in [0.3, 0.4) is 0 Å². The van der Waals surface area contributed by atoms with Gasteiger partial charge in [0, 0.05) is 23.3 Å². The molecule has 0 saturated carbocycles. The molecule has 0 saturated heterocycles. The maximum Gasteiger partial charge on any atom is 0.171 e.